The van der Waals surface area contributed by atoms with Crippen LogP contribution >= 0.6 is 0 Å². The van der Waals surface area contributed by atoms with Crippen molar-refractivity contribution in [1.82, 2.24) is 10.6 Å². The van der Waals surface area contributed by atoms with Gasteiger partial charge in [0.05, 0.1) is 0 Å². The first kappa shape index (κ1) is 16.2. The third-order valence-corrected chi connectivity index (χ3v) is 2.51. The zero-order valence-corrected chi connectivity index (χ0v) is 12.1. The van der Waals surface area contributed by atoms with E-state index < -0.39 is 5.60 Å². The molecule has 0 fully saturated rings. The number of carbonyl (C=O) groups is 1. The third kappa shape index (κ3) is 10.1. The first-order valence-corrected chi connectivity index (χ1v) is 6.38. The maximum Gasteiger partial charge on any atom is 0.407 e. The van der Waals surface area contributed by atoms with Crippen molar-refractivity contribution in [1.29, 1.82) is 0 Å². The Labute approximate surface area is 105 Å². The lowest BCUT2D eigenvalue weighted by atomic mass is 10.0. The third-order valence-electron chi connectivity index (χ3n) is 2.51. The van der Waals surface area contributed by atoms with E-state index in [0.717, 1.165) is 19.4 Å². The van der Waals surface area contributed by atoms with Crippen molar-refractivity contribution in [3.8, 4) is 0 Å². The van der Waals surface area contributed by atoms with E-state index in [9.17, 15) is 4.79 Å². The highest BCUT2D eigenvalue weighted by Crippen LogP contribution is 2.07. The van der Waals surface area contributed by atoms with Gasteiger partial charge in [-0.2, -0.15) is 0 Å². The Hall–Kier alpha value is -0.770. The van der Waals surface area contributed by atoms with E-state index in [0.29, 0.717) is 6.54 Å². The second-order valence-electron chi connectivity index (χ2n) is 5.95. The van der Waals surface area contributed by atoms with Crippen LogP contribution in [-0.4, -0.2) is 30.3 Å². The second kappa shape index (κ2) is 6.84. The molecule has 0 aromatic heterocycles. The largest absolute Gasteiger partial charge is 0.444 e. The van der Waals surface area contributed by atoms with Crippen LogP contribution in [0.15, 0.2) is 0 Å². The molecule has 0 aliphatic heterocycles. The quantitative estimate of drug-likeness (QED) is 0.706. The number of amides is 1. The number of alkyl carbamates (subject to hydrolysis) is 1. The molecule has 0 saturated carbocycles. The van der Waals surface area contributed by atoms with E-state index >= 15 is 0 Å². The fourth-order valence-electron chi connectivity index (χ4n) is 1.14. The zero-order chi connectivity index (χ0) is 13.5. The van der Waals surface area contributed by atoms with E-state index in [1.807, 2.05) is 20.8 Å². The van der Waals surface area contributed by atoms with E-state index in [1.165, 1.54) is 0 Å². The summed E-state index contributed by atoms with van der Waals surface area (Å²) in [6, 6.07) is 0. The molecule has 0 radical (unpaired) electrons. The van der Waals surface area contributed by atoms with Crippen LogP contribution in [0, 0.1) is 0 Å². The van der Waals surface area contributed by atoms with E-state index in [2.05, 4.69) is 31.4 Å². The summed E-state index contributed by atoms with van der Waals surface area (Å²) < 4.78 is 5.14. The maximum absolute atomic E-state index is 11.3. The fraction of sp³-hybridized carbons (Fsp3) is 0.923. The summed E-state index contributed by atoms with van der Waals surface area (Å²) in [6.07, 6.45) is 1.65. The lowest BCUT2D eigenvalue weighted by Gasteiger charge is -2.24. The molecule has 4 heteroatoms. The summed E-state index contributed by atoms with van der Waals surface area (Å²) in [5.74, 6) is 0. The van der Waals surface area contributed by atoms with Gasteiger partial charge in [-0.1, -0.05) is 6.92 Å². The van der Waals surface area contributed by atoms with Crippen LogP contribution in [0.2, 0.25) is 0 Å². The molecule has 17 heavy (non-hydrogen) atoms. The first-order chi connectivity index (χ1) is 7.66. The van der Waals surface area contributed by atoms with Crippen LogP contribution in [0.4, 0.5) is 4.79 Å². The molecule has 0 heterocycles. The molecular formula is C13H28N2O2. The molecule has 0 saturated heterocycles. The number of nitrogens with one attached hydrogen (secondary N) is 2. The van der Waals surface area contributed by atoms with Gasteiger partial charge in [-0.25, -0.2) is 4.79 Å². The topological polar surface area (TPSA) is 50.4 Å². The summed E-state index contributed by atoms with van der Waals surface area (Å²) in [7, 11) is 0. The fourth-order valence-corrected chi connectivity index (χ4v) is 1.14. The monoisotopic (exact) mass is 244 g/mol. The summed E-state index contributed by atoms with van der Waals surface area (Å²) in [5, 5.41) is 6.18. The lowest BCUT2D eigenvalue weighted by Crippen LogP contribution is -2.40. The van der Waals surface area contributed by atoms with Gasteiger partial charge in [-0.3, -0.25) is 0 Å². The molecule has 2 N–H and O–H groups in total. The summed E-state index contributed by atoms with van der Waals surface area (Å²) in [5.41, 5.74) is -0.252. The molecule has 1 amide bonds. The number of hydrogen-bond donors (Lipinski definition) is 2. The predicted molar refractivity (Wildman–Crippen MR) is 71.2 cm³/mol. The van der Waals surface area contributed by atoms with Crippen molar-refractivity contribution in [3.63, 3.8) is 0 Å². The number of ether oxygens (including phenoxy) is 1. The van der Waals surface area contributed by atoms with Crippen molar-refractivity contribution >= 4 is 6.09 Å². The van der Waals surface area contributed by atoms with Crippen LogP contribution in [0.1, 0.15) is 54.4 Å². The van der Waals surface area contributed by atoms with Gasteiger partial charge in [0.2, 0.25) is 0 Å². The van der Waals surface area contributed by atoms with Crippen molar-refractivity contribution in [3.05, 3.63) is 0 Å². The Morgan fingerprint density at radius 3 is 2.18 bits per heavy atom. The van der Waals surface area contributed by atoms with Gasteiger partial charge in [0.1, 0.15) is 5.60 Å². The van der Waals surface area contributed by atoms with Gasteiger partial charge >= 0.3 is 6.09 Å². The molecule has 0 unspecified atom stereocenters. The first-order valence-electron chi connectivity index (χ1n) is 6.38. The van der Waals surface area contributed by atoms with Crippen molar-refractivity contribution in [2.24, 2.45) is 0 Å². The molecule has 0 spiro atoms. The molecule has 0 aromatic carbocycles. The van der Waals surface area contributed by atoms with Crippen LogP contribution in [0.5, 0.6) is 0 Å². The molecule has 0 aliphatic rings. The summed E-state index contributed by atoms with van der Waals surface area (Å²) in [6.45, 7) is 13.6. The molecular weight excluding hydrogens is 216 g/mol. The normalized spacial score (nSPS) is 12.4. The SMILES string of the molecule is CCC(C)(C)NCCCNC(=O)OC(C)(C)C. The predicted octanol–water partition coefficient (Wildman–Crippen LogP) is 2.68. The van der Waals surface area contributed by atoms with Crippen molar-refractivity contribution in [2.45, 2.75) is 65.5 Å². The second-order valence-corrected chi connectivity index (χ2v) is 5.95. The highest BCUT2D eigenvalue weighted by molar-refractivity contribution is 5.67. The molecule has 102 valence electrons. The summed E-state index contributed by atoms with van der Waals surface area (Å²) >= 11 is 0. The smallest absolute Gasteiger partial charge is 0.407 e. The summed E-state index contributed by atoms with van der Waals surface area (Å²) in [4.78, 5) is 11.3. The molecule has 0 aliphatic carbocycles. The van der Waals surface area contributed by atoms with Crippen LogP contribution in [0.25, 0.3) is 0 Å². The standard InChI is InChI=1S/C13H28N2O2/c1-7-13(5,6)15-10-8-9-14-11(16)17-12(2,3)4/h15H,7-10H2,1-6H3,(H,14,16). The Balaban J connectivity index is 3.56. The number of carbonyl (C=O) groups excluding carboxylic acids is 1. The lowest BCUT2D eigenvalue weighted by molar-refractivity contribution is 0.0527. The van der Waals surface area contributed by atoms with Crippen LogP contribution < -0.4 is 10.6 Å². The minimum Gasteiger partial charge on any atom is -0.444 e. The van der Waals surface area contributed by atoms with Gasteiger partial charge in [0.25, 0.3) is 0 Å². The van der Waals surface area contributed by atoms with E-state index in [4.69, 9.17) is 4.74 Å². The Bertz CT molecular complexity index is 232. The van der Waals surface area contributed by atoms with Crippen LogP contribution in [0.3, 0.4) is 0 Å². The molecule has 0 aromatic rings. The number of hydrogen-bond acceptors (Lipinski definition) is 3. The minimum atomic E-state index is -0.424. The minimum absolute atomic E-state index is 0.173. The van der Waals surface area contributed by atoms with Crippen LogP contribution in [-0.2, 0) is 4.74 Å². The van der Waals surface area contributed by atoms with Gasteiger partial charge in [0.15, 0.2) is 0 Å². The molecule has 0 rings (SSSR count). The maximum atomic E-state index is 11.3. The zero-order valence-electron chi connectivity index (χ0n) is 12.1. The Morgan fingerprint density at radius 2 is 1.71 bits per heavy atom. The molecule has 4 nitrogen and oxygen atoms in total. The van der Waals surface area contributed by atoms with Crippen molar-refractivity contribution < 1.29 is 9.53 Å². The highest BCUT2D eigenvalue weighted by atomic mass is 16.6. The number of rotatable bonds is 6. The van der Waals surface area contributed by atoms with Gasteiger partial charge in [-0.15, -0.1) is 0 Å². The van der Waals surface area contributed by atoms with E-state index in [-0.39, 0.29) is 11.6 Å². The van der Waals surface area contributed by atoms with E-state index in [1.54, 1.807) is 0 Å². The van der Waals surface area contributed by atoms with Gasteiger partial charge < -0.3 is 15.4 Å². The Kier molecular flexibility index (Phi) is 6.53. The molecule has 0 bridgehead atoms. The highest BCUT2D eigenvalue weighted by Gasteiger charge is 2.16. The van der Waals surface area contributed by atoms with Gasteiger partial charge in [0, 0.05) is 12.1 Å². The average Bonchev–Trinajstić information content (AvgIpc) is 2.14. The van der Waals surface area contributed by atoms with Crippen molar-refractivity contribution in [2.75, 3.05) is 13.1 Å². The van der Waals surface area contributed by atoms with Gasteiger partial charge in [-0.05, 0) is 54.0 Å². The molecule has 0 atom stereocenters. The average molecular weight is 244 g/mol. The Morgan fingerprint density at radius 1 is 1.12 bits per heavy atom.